The molecule has 2 N–H and O–H groups in total. The molecular formula is C11H8ClF3N2O. The molecule has 3 nitrogen and oxygen atoms in total. The van der Waals surface area contributed by atoms with E-state index >= 15 is 0 Å². The number of nitrogens with two attached hydrogens (primary N) is 1. The van der Waals surface area contributed by atoms with Gasteiger partial charge in [-0.15, -0.1) is 13.2 Å². The molecule has 0 spiro atoms. The Morgan fingerprint density at radius 3 is 2.61 bits per heavy atom. The standard InChI is InChI=1S/C11H8ClF3N2O/c1-5-8(12)9(16)6-3-2-4-7(10(6)17-5)18-11(13,14)15/h2-4H,1H3,(H2,16,17). The van der Waals surface area contributed by atoms with Crippen LogP contribution in [0.15, 0.2) is 18.2 Å². The minimum atomic E-state index is -4.78. The second-order valence-corrected chi connectivity index (χ2v) is 4.00. The maximum atomic E-state index is 12.2. The third-order valence-corrected chi connectivity index (χ3v) is 2.83. The van der Waals surface area contributed by atoms with Crippen LogP contribution in [0.2, 0.25) is 5.02 Å². The highest BCUT2D eigenvalue weighted by Gasteiger charge is 2.32. The highest BCUT2D eigenvalue weighted by atomic mass is 35.5. The zero-order valence-electron chi connectivity index (χ0n) is 9.18. The molecule has 0 bridgehead atoms. The number of nitrogen functional groups attached to an aromatic ring is 1. The van der Waals surface area contributed by atoms with Crippen LogP contribution >= 0.6 is 11.6 Å². The number of alkyl halides is 3. The van der Waals surface area contributed by atoms with Crippen molar-refractivity contribution in [3.05, 3.63) is 28.9 Å². The van der Waals surface area contributed by atoms with Gasteiger partial charge in [0, 0.05) is 5.39 Å². The van der Waals surface area contributed by atoms with Gasteiger partial charge in [0.15, 0.2) is 5.75 Å². The molecule has 2 rings (SSSR count). The lowest BCUT2D eigenvalue weighted by atomic mass is 10.1. The molecule has 0 fully saturated rings. The molecule has 0 atom stereocenters. The molecule has 1 aromatic carbocycles. The smallest absolute Gasteiger partial charge is 0.403 e. The largest absolute Gasteiger partial charge is 0.573 e. The molecule has 0 aliphatic heterocycles. The number of pyridine rings is 1. The summed E-state index contributed by atoms with van der Waals surface area (Å²) in [6.07, 6.45) is -4.78. The molecule has 0 saturated heterocycles. The van der Waals surface area contributed by atoms with Gasteiger partial charge in [-0.3, -0.25) is 0 Å². The Labute approximate surface area is 105 Å². The van der Waals surface area contributed by atoms with E-state index in [0.29, 0.717) is 11.1 Å². The van der Waals surface area contributed by atoms with Gasteiger partial charge >= 0.3 is 6.36 Å². The van der Waals surface area contributed by atoms with Crippen molar-refractivity contribution in [2.45, 2.75) is 13.3 Å². The topological polar surface area (TPSA) is 48.1 Å². The highest BCUT2D eigenvalue weighted by Crippen LogP contribution is 2.35. The number of para-hydroxylation sites is 1. The fourth-order valence-electron chi connectivity index (χ4n) is 1.59. The van der Waals surface area contributed by atoms with Crippen LogP contribution < -0.4 is 10.5 Å². The molecular weight excluding hydrogens is 269 g/mol. The monoisotopic (exact) mass is 276 g/mol. The number of anilines is 1. The predicted molar refractivity (Wildman–Crippen MR) is 62.6 cm³/mol. The minimum absolute atomic E-state index is 0.0363. The minimum Gasteiger partial charge on any atom is -0.403 e. The normalized spacial score (nSPS) is 11.8. The van der Waals surface area contributed by atoms with Gasteiger partial charge in [-0.1, -0.05) is 23.7 Å². The van der Waals surface area contributed by atoms with E-state index in [9.17, 15) is 13.2 Å². The Bertz CT molecular complexity index is 613. The summed E-state index contributed by atoms with van der Waals surface area (Å²) < 4.78 is 40.6. The fraction of sp³-hybridized carbons (Fsp3) is 0.182. The summed E-state index contributed by atoms with van der Waals surface area (Å²) in [5, 5.41) is 0.555. The van der Waals surface area contributed by atoms with Crippen molar-refractivity contribution >= 4 is 28.2 Å². The average Bonchev–Trinajstić information content (AvgIpc) is 2.25. The molecule has 0 unspecified atom stereocenters. The van der Waals surface area contributed by atoms with Crippen molar-refractivity contribution in [3.63, 3.8) is 0 Å². The summed E-state index contributed by atoms with van der Waals surface area (Å²) in [7, 11) is 0. The van der Waals surface area contributed by atoms with E-state index in [-0.39, 0.29) is 16.2 Å². The molecule has 18 heavy (non-hydrogen) atoms. The SMILES string of the molecule is Cc1nc2c(OC(F)(F)F)cccc2c(N)c1Cl. The Hall–Kier alpha value is -1.69. The molecule has 96 valence electrons. The van der Waals surface area contributed by atoms with Crippen molar-refractivity contribution in [2.75, 3.05) is 5.73 Å². The summed E-state index contributed by atoms with van der Waals surface area (Å²) in [5.41, 5.74) is 6.31. The van der Waals surface area contributed by atoms with Crippen molar-refractivity contribution in [2.24, 2.45) is 0 Å². The van der Waals surface area contributed by atoms with Gasteiger partial charge in [-0.05, 0) is 13.0 Å². The maximum Gasteiger partial charge on any atom is 0.573 e. The highest BCUT2D eigenvalue weighted by molar-refractivity contribution is 6.35. The number of nitrogens with zero attached hydrogens (tertiary/aromatic N) is 1. The Balaban J connectivity index is 2.70. The van der Waals surface area contributed by atoms with Gasteiger partial charge in [0.2, 0.25) is 0 Å². The molecule has 7 heteroatoms. The summed E-state index contributed by atoms with van der Waals surface area (Å²) in [5.74, 6) is -0.397. The van der Waals surface area contributed by atoms with Crippen molar-refractivity contribution < 1.29 is 17.9 Å². The number of ether oxygens (including phenoxy) is 1. The van der Waals surface area contributed by atoms with Crippen molar-refractivity contribution in [1.82, 2.24) is 4.98 Å². The number of aromatic nitrogens is 1. The summed E-state index contributed by atoms with van der Waals surface area (Å²) in [6, 6.07) is 4.11. The number of halogens is 4. The first-order valence-electron chi connectivity index (χ1n) is 4.89. The first-order valence-corrected chi connectivity index (χ1v) is 5.27. The lowest BCUT2D eigenvalue weighted by Gasteiger charge is -2.13. The van der Waals surface area contributed by atoms with Crippen LogP contribution in [0.1, 0.15) is 5.69 Å². The molecule has 2 aromatic rings. The van der Waals surface area contributed by atoms with Crippen molar-refractivity contribution in [1.29, 1.82) is 0 Å². The fourth-order valence-corrected chi connectivity index (χ4v) is 1.74. The number of hydrogen-bond acceptors (Lipinski definition) is 3. The summed E-state index contributed by atoms with van der Waals surface area (Å²) in [4.78, 5) is 3.98. The zero-order chi connectivity index (χ0) is 13.5. The molecule has 0 aliphatic rings. The Kier molecular flexibility index (Phi) is 2.98. The van der Waals surface area contributed by atoms with Crippen LogP contribution in [0.4, 0.5) is 18.9 Å². The number of hydrogen-bond donors (Lipinski definition) is 1. The average molecular weight is 277 g/mol. The van der Waals surface area contributed by atoms with Crippen LogP contribution in [0.25, 0.3) is 10.9 Å². The van der Waals surface area contributed by atoms with Gasteiger partial charge in [0.25, 0.3) is 0 Å². The molecule has 0 amide bonds. The lowest BCUT2D eigenvalue weighted by molar-refractivity contribution is -0.274. The van der Waals surface area contributed by atoms with Gasteiger partial charge in [0.1, 0.15) is 5.52 Å². The van der Waals surface area contributed by atoms with Crippen LogP contribution in [-0.4, -0.2) is 11.3 Å². The van der Waals surface area contributed by atoms with Gasteiger partial charge in [0.05, 0.1) is 16.4 Å². The number of benzene rings is 1. The Morgan fingerprint density at radius 1 is 1.33 bits per heavy atom. The second kappa shape index (κ2) is 4.20. The first kappa shape index (κ1) is 12.8. The quantitative estimate of drug-likeness (QED) is 0.864. The lowest BCUT2D eigenvalue weighted by Crippen LogP contribution is -2.17. The van der Waals surface area contributed by atoms with E-state index in [0.717, 1.165) is 0 Å². The van der Waals surface area contributed by atoms with E-state index in [1.165, 1.54) is 18.2 Å². The van der Waals surface area contributed by atoms with Crippen molar-refractivity contribution in [3.8, 4) is 5.75 Å². The van der Waals surface area contributed by atoms with Crippen LogP contribution in [0, 0.1) is 6.92 Å². The third kappa shape index (κ3) is 2.28. The number of fused-ring (bicyclic) bond motifs is 1. The van der Waals surface area contributed by atoms with E-state index < -0.39 is 12.1 Å². The number of aryl methyl sites for hydroxylation is 1. The summed E-state index contributed by atoms with van der Waals surface area (Å²) >= 11 is 5.89. The van der Waals surface area contributed by atoms with E-state index in [4.69, 9.17) is 17.3 Å². The Morgan fingerprint density at radius 2 is 2.00 bits per heavy atom. The van der Waals surface area contributed by atoms with E-state index in [1.807, 2.05) is 0 Å². The predicted octanol–water partition coefficient (Wildman–Crippen LogP) is 3.68. The zero-order valence-corrected chi connectivity index (χ0v) is 9.93. The molecule has 1 heterocycles. The van der Waals surface area contributed by atoms with Crippen LogP contribution in [-0.2, 0) is 0 Å². The van der Waals surface area contributed by atoms with E-state index in [1.54, 1.807) is 6.92 Å². The van der Waals surface area contributed by atoms with Gasteiger partial charge in [-0.25, -0.2) is 4.98 Å². The molecule has 0 saturated carbocycles. The van der Waals surface area contributed by atoms with E-state index in [2.05, 4.69) is 9.72 Å². The molecule has 0 aliphatic carbocycles. The third-order valence-electron chi connectivity index (χ3n) is 2.35. The van der Waals surface area contributed by atoms with Gasteiger partial charge in [-0.2, -0.15) is 0 Å². The van der Waals surface area contributed by atoms with Gasteiger partial charge < -0.3 is 10.5 Å². The molecule has 1 aromatic heterocycles. The number of rotatable bonds is 1. The van der Waals surface area contributed by atoms with Crippen LogP contribution in [0.3, 0.4) is 0 Å². The van der Waals surface area contributed by atoms with Crippen LogP contribution in [0.5, 0.6) is 5.75 Å². The molecule has 0 radical (unpaired) electrons. The maximum absolute atomic E-state index is 12.2. The first-order chi connectivity index (χ1) is 8.29. The summed E-state index contributed by atoms with van der Waals surface area (Å²) in [6.45, 7) is 1.56. The second-order valence-electron chi connectivity index (χ2n) is 3.62.